The van der Waals surface area contributed by atoms with Crippen LogP contribution in [0, 0.1) is 0 Å². The second-order valence-corrected chi connectivity index (χ2v) is 4.55. The van der Waals surface area contributed by atoms with Crippen molar-refractivity contribution in [3.8, 4) is 11.5 Å². The summed E-state index contributed by atoms with van der Waals surface area (Å²) in [5, 5.41) is 0.396. The van der Waals surface area contributed by atoms with Gasteiger partial charge in [-0.25, -0.2) is 0 Å². The molecule has 104 valence electrons. The van der Waals surface area contributed by atoms with E-state index in [1.807, 2.05) is 6.08 Å². The van der Waals surface area contributed by atoms with Gasteiger partial charge < -0.3 is 9.47 Å². The molecule has 1 aromatic rings. The van der Waals surface area contributed by atoms with Gasteiger partial charge >= 0.3 is 0 Å². The molecule has 0 radical (unpaired) electrons. The Morgan fingerprint density at radius 1 is 1.32 bits per heavy atom. The Balaban J connectivity index is 2.57. The molecule has 0 bridgehead atoms. The van der Waals surface area contributed by atoms with Gasteiger partial charge in [-0.2, -0.15) is 0 Å². The highest BCUT2D eigenvalue weighted by molar-refractivity contribution is 6.32. The van der Waals surface area contributed by atoms with Gasteiger partial charge in [0.05, 0.1) is 18.7 Å². The number of hydrogen-bond acceptors (Lipinski definition) is 3. The maximum atomic E-state index is 10.7. The monoisotopic (exact) mass is 282 g/mol. The number of aldehydes is 1. The van der Waals surface area contributed by atoms with Crippen LogP contribution in [0.25, 0.3) is 0 Å². The molecule has 19 heavy (non-hydrogen) atoms. The van der Waals surface area contributed by atoms with E-state index >= 15 is 0 Å². The van der Waals surface area contributed by atoms with Crippen molar-refractivity contribution in [3.63, 3.8) is 0 Å². The normalized spacial score (nSPS) is 10.0. The Labute approximate surface area is 119 Å². The molecule has 4 heteroatoms. The number of methoxy groups -OCH3 is 1. The standard InChI is InChI=1S/C15H19ClO3/c1-3-4-5-6-7-8-19-15-13(16)9-12(11-17)10-14(15)18-2/h3,9-11H,1,4-8H2,2H3. The molecule has 0 spiro atoms. The predicted molar refractivity (Wildman–Crippen MR) is 77.6 cm³/mol. The van der Waals surface area contributed by atoms with Crippen LogP contribution in [0.4, 0.5) is 0 Å². The van der Waals surface area contributed by atoms with Crippen LogP contribution in [0.2, 0.25) is 5.02 Å². The highest BCUT2D eigenvalue weighted by Crippen LogP contribution is 2.36. The summed E-state index contributed by atoms with van der Waals surface area (Å²) in [5.74, 6) is 0.985. The number of benzene rings is 1. The first-order valence-corrected chi connectivity index (χ1v) is 6.67. The average Bonchev–Trinajstić information content (AvgIpc) is 2.43. The molecule has 0 aliphatic carbocycles. The van der Waals surface area contributed by atoms with Crippen LogP contribution in [0.1, 0.15) is 36.0 Å². The zero-order valence-electron chi connectivity index (χ0n) is 11.2. The minimum Gasteiger partial charge on any atom is -0.493 e. The Hall–Kier alpha value is -1.48. The zero-order chi connectivity index (χ0) is 14.1. The number of halogens is 1. The molecule has 0 aliphatic heterocycles. The quantitative estimate of drug-likeness (QED) is 0.385. The molecule has 0 fully saturated rings. The number of rotatable bonds is 9. The molecule has 0 N–H and O–H groups in total. The zero-order valence-corrected chi connectivity index (χ0v) is 11.9. The number of hydrogen-bond donors (Lipinski definition) is 0. The second kappa shape index (κ2) is 8.59. The SMILES string of the molecule is C=CCCCCCOc1c(Cl)cc(C=O)cc1OC. The fourth-order valence-corrected chi connectivity index (χ4v) is 1.96. The molecule has 0 amide bonds. The van der Waals surface area contributed by atoms with E-state index in [0.29, 0.717) is 28.7 Å². The molecular weight excluding hydrogens is 264 g/mol. The summed E-state index contributed by atoms with van der Waals surface area (Å²) in [4.78, 5) is 10.7. The van der Waals surface area contributed by atoms with Crippen molar-refractivity contribution in [1.29, 1.82) is 0 Å². The lowest BCUT2D eigenvalue weighted by atomic mass is 10.2. The van der Waals surface area contributed by atoms with Gasteiger partial charge in [0, 0.05) is 5.56 Å². The number of allylic oxidation sites excluding steroid dienone is 1. The lowest BCUT2D eigenvalue weighted by Gasteiger charge is -2.12. The summed E-state index contributed by atoms with van der Waals surface area (Å²) >= 11 is 6.08. The number of ether oxygens (including phenoxy) is 2. The minimum atomic E-state index is 0.396. The second-order valence-electron chi connectivity index (χ2n) is 4.14. The molecule has 0 saturated carbocycles. The molecule has 0 saturated heterocycles. The summed E-state index contributed by atoms with van der Waals surface area (Å²) in [7, 11) is 1.52. The highest BCUT2D eigenvalue weighted by atomic mass is 35.5. The first-order chi connectivity index (χ1) is 9.22. The van der Waals surface area contributed by atoms with Crippen LogP contribution in [0.3, 0.4) is 0 Å². The lowest BCUT2D eigenvalue weighted by molar-refractivity contribution is 0.112. The van der Waals surface area contributed by atoms with Gasteiger partial charge in [-0.05, 0) is 37.8 Å². The Bertz CT molecular complexity index is 430. The largest absolute Gasteiger partial charge is 0.493 e. The Kier molecular flexibility index (Phi) is 7.04. The van der Waals surface area contributed by atoms with Crippen LogP contribution in [0.15, 0.2) is 24.8 Å². The van der Waals surface area contributed by atoms with E-state index < -0.39 is 0 Å². The fourth-order valence-electron chi connectivity index (χ4n) is 1.69. The Morgan fingerprint density at radius 2 is 2.11 bits per heavy atom. The van der Waals surface area contributed by atoms with Crippen molar-refractivity contribution in [3.05, 3.63) is 35.4 Å². The summed E-state index contributed by atoms with van der Waals surface area (Å²) in [6.07, 6.45) is 6.81. The molecule has 1 aromatic carbocycles. The van der Waals surface area contributed by atoms with Gasteiger partial charge in [-0.1, -0.05) is 17.7 Å². The molecule has 0 aromatic heterocycles. The van der Waals surface area contributed by atoms with E-state index in [0.717, 1.165) is 32.0 Å². The first kappa shape index (κ1) is 15.6. The maximum absolute atomic E-state index is 10.7. The number of carbonyl (C=O) groups excluding carboxylic acids is 1. The molecule has 0 aliphatic rings. The highest BCUT2D eigenvalue weighted by Gasteiger charge is 2.11. The van der Waals surface area contributed by atoms with Gasteiger partial charge in [-0.3, -0.25) is 4.79 Å². The fraction of sp³-hybridized carbons (Fsp3) is 0.400. The summed E-state index contributed by atoms with van der Waals surface area (Å²) < 4.78 is 10.8. The van der Waals surface area contributed by atoms with Crippen molar-refractivity contribution in [1.82, 2.24) is 0 Å². The molecule has 0 unspecified atom stereocenters. The van der Waals surface area contributed by atoms with Gasteiger partial charge in [0.15, 0.2) is 11.5 Å². The van der Waals surface area contributed by atoms with Gasteiger partial charge in [0.25, 0.3) is 0 Å². The van der Waals surface area contributed by atoms with Crippen molar-refractivity contribution >= 4 is 17.9 Å². The van der Waals surface area contributed by atoms with Crippen molar-refractivity contribution in [2.24, 2.45) is 0 Å². The number of unbranched alkanes of at least 4 members (excludes halogenated alkanes) is 3. The van der Waals surface area contributed by atoms with Crippen LogP contribution < -0.4 is 9.47 Å². The first-order valence-electron chi connectivity index (χ1n) is 6.29. The van der Waals surface area contributed by atoms with Crippen LogP contribution in [-0.2, 0) is 0 Å². The Morgan fingerprint density at radius 3 is 2.74 bits per heavy atom. The van der Waals surface area contributed by atoms with E-state index in [-0.39, 0.29) is 0 Å². The van der Waals surface area contributed by atoms with Gasteiger partial charge in [-0.15, -0.1) is 6.58 Å². The van der Waals surface area contributed by atoms with Gasteiger partial charge in [0.1, 0.15) is 6.29 Å². The third-order valence-corrected chi connectivity index (χ3v) is 2.97. The van der Waals surface area contributed by atoms with E-state index in [2.05, 4.69) is 6.58 Å². The van der Waals surface area contributed by atoms with Crippen LogP contribution in [-0.4, -0.2) is 20.0 Å². The van der Waals surface area contributed by atoms with Crippen molar-refractivity contribution in [2.75, 3.05) is 13.7 Å². The molecule has 0 heterocycles. The van der Waals surface area contributed by atoms with Crippen molar-refractivity contribution < 1.29 is 14.3 Å². The van der Waals surface area contributed by atoms with E-state index in [9.17, 15) is 4.79 Å². The van der Waals surface area contributed by atoms with E-state index in [1.54, 1.807) is 12.1 Å². The maximum Gasteiger partial charge on any atom is 0.179 e. The van der Waals surface area contributed by atoms with Crippen LogP contribution in [0.5, 0.6) is 11.5 Å². The molecule has 0 atom stereocenters. The summed E-state index contributed by atoms with van der Waals surface area (Å²) in [6, 6.07) is 3.19. The van der Waals surface area contributed by atoms with Crippen molar-refractivity contribution in [2.45, 2.75) is 25.7 Å². The third-order valence-electron chi connectivity index (χ3n) is 2.69. The molecule has 1 rings (SSSR count). The lowest BCUT2D eigenvalue weighted by Crippen LogP contribution is -2.01. The minimum absolute atomic E-state index is 0.396. The summed E-state index contributed by atoms with van der Waals surface area (Å²) in [5.41, 5.74) is 0.472. The average molecular weight is 283 g/mol. The molecular formula is C15H19ClO3. The van der Waals surface area contributed by atoms with E-state index in [1.165, 1.54) is 7.11 Å². The van der Waals surface area contributed by atoms with Gasteiger partial charge in [0.2, 0.25) is 0 Å². The van der Waals surface area contributed by atoms with E-state index in [4.69, 9.17) is 21.1 Å². The summed E-state index contributed by atoms with van der Waals surface area (Å²) in [6.45, 7) is 4.26. The smallest absolute Gasteiger partial charge is 0.179 e. The third kappa shape index (κ3) is 4.95. The van der Waals surface area contributed by atoms with Crippen LogP contribution >= 0.6 is 11.6 Å². The topological polar surface area (TPSA) is 35.5 Å². The predicted octanol–water partition coefficient (Wildman–Crippen LogP) is 4.29. The number of carbonyl (C=O) groups is 1. The molecule has 3 nitrogen and oxygen atoms in total.